The minimum absolute atomic E-state index is 0.116. The summed E-state index contributed by atoms with van der Waals surface area (Å²) in [6.07, 6.45) is 2.20. The third-order valence-corrected chi connectivity index (χ3v) is 0.896. The highest BCUT2D eigenvalue weighted by molar-refractivity contribution is 4.43. The number of rotatable bonds is 3. The molecule has 0 heterocycles. The number of hydrogen-bond donors (Lipinski definition) is 0. The van der Waals surface area contributed by atoms with Gasteiger partial charge in [0.25, 0.3) is 0 Å². The van der Waals surface area contributed by atoms with Gasteiger partial charge in [-0.2, -0.15) is 0 Å². The van der Waals surface area contributed by atoms with Crippen LogP contribution in [0.2, 0.25) is 0 Å². The molecule has 0 bridgehead atoms. The fourth-order valence-corrected chi connectivity index (χ4v) is 0.465. The molecular weight excluding hydrogens is 90.1 g/mol. The third-order valence-electron chi connectivity index (χ3n) is 0.896. The lowest BCUT2D eigenvalue weighted by molar-refractivity contribution is 0.0439. The van der Waals surface area contributed by atoms with Crippen LogP contribution in [0.15, 0.2) is 0 Å². The molecule has 0 aliphatic rings. The van der Waals surface area contributed by atoms with E-state index in [2.05, 4.69) is 11.8 Å². The molecule has 1 unspecified atom stereocenters. The summed E-state index contributed by atoms with van der Waals surface area (Å²) in [6, 6.07) is 0. The molecule has 1 atom stereocenters. The van der Waals surface area contributed by atoms with Crippen molar-refractivity contribution in [3.63, 3.8) is 0 Å². The summed E-state index contributed by atoms with van der Waals surface area (Å²) < 4.78 is 0. The van der Waals surface area contributed by atoms with E-state index >= 15 is 0 Å². The molecular formula is C5H12NO. The van der Waals surface area contributed by atoms with Crippen LogP contribution in [0.4, 0.5) is 0 Å². The van der Waals surface area contributed by atoms with Crippen molar-refractivity contribution in [2.45, 2.75) is 32.8 Å². The summed E-state index contributed by atoms with van der Waals surface area (Å²) in [5, 5.41) is 0. The van der Waals surface area contributed by atoms with Crippen molar-refractivity contribution >= 4 is 0 Å². The lowest BCUT2D eigenvalue weighted by atomic mass is 10.2. The van der Waals surface area contributed by atoms with Crippen molar-refractivity contribution in [3.8, 4) is 0 Å². The molecule has 2 nitrogen and oxygen atoms in total. The molecule has 0 aromatic carbocycles. The highest BCUT2D eigenvalue weighted by atomic mass is 16.6. The molecule has 1 N–H and O–H groups in total. The second-order valence-corrected chi connectivity index (χ2v) is 1.72. The largest absolute Gasteiger partial charge is 0.282 e. The molecule has 0 aromatic rings. The SMILES string of the molecule is CCCC(C)O[NH]. The van der Waals surface area contributed by atoms with Crippen molar-refractivity contribution in [2.24, 2.45) is 0 Å². The summed E-state index contributed by atoms with van der Waals surface area (Å²) in [7, 11) is 0. The van der Waals surface area contributed by atoms with E-state index in [1.54, 1.807) is 0 Å². The first-order valence-corrected chi connectivity index (χ1v) is 2.63. The normalized spacial score (nSPS) is 14.1. The average molecular weight is 102 g/mol. The summed E-state index contributed by atoms with van der Waals surface area (Å²) in [4.78, 5) is 4.24. The third kappa shape index (κ3) is 3.76. The molecule has 0 aliphatic carbocycles. The Morgan fingerprint density at radius 3 is 2.43 bits per heavy atom. The van der Waals surface area contributed by atoms with Crippen LogP contribution in [0.25, 0.3) is 0 Å². The highest BCUT2D eigenvalue weighted by Crippen LogP contribution is 1.96. The van der Waals surface area contributed by atoms with E-state index < -0.39 is 0 Å². The van der Waals surface area contributed by atoms with Gasteiger partial charge >= 0.3 is 0 Å². The fourth-order valence-electron chi connectivity index (χ4n) is 0.465. The Labute approximate surface area is 44.6 Å². The highest BCUT2D eigenvalue weighted by Gasteiger charge is 1.94. The topological polar surface area (TPSA) is 33.0 Å². The van der Waals surface area contributed by atoms with Crippen LogP contribution in [-0.4, -0.2) is 6.10 Å². The van der Waals surface area contributed by atoms with Crippen molar-refractivity contribution in [3.05, 3.63) is 0 Å². The van der Waals surface area contributed by atoms with Gasteiger partial charge in [-0.15, -0.1) is 5.90 Å². The molecule has 0 spiro atoms. The number of nitrogens with one attached hydrogen (secondary N) is 1. The molecule has 0 saturated carbocycles. The molecule has 0 fully saturated rings. The van der Waals surface area contributed by atoms with Crippen molar-refractivity contribution in [1.29, 1.82) is 0 Å². The molecule has 7 heavy (non-hydrogen) atoms. The van der Waals surface area contributed by atoms with Crippen molar-refractivity contribution in [2.75, 3.05) is 0 Å². The first-order valence-electron chi connectivity index (χ1n) is 2.63. The van der Waals surface area contributed by atoms with E-state index in [9.17, 15) is 0 Å². The molecule has 2 heteroatoms. The monoisotopic (exact) mass is 102 g/mol. The fraction of sp³-hybridized carbons (Fsp3) is 1.00. The Morgan fingerprint density at radius 2 is 2.29 bits per heavy atom. The van der Waals surface area contributed by atoms with Gasteiger partial charge in [-0.1, -0.05) is 13.3 Å². The quantitative estimate of drug-likeness (QED) is 0.495. The summed E-state index contributed by atoms with van der Waals surface area (Å²) >= 11 is 0. The van der Waals surface area contributed by atoms with E-state index in [-0.39, 0.29) is 6.10 Å². The van der Waals surface area contributed by atoms with E-state index in [1.165, 1.54) is 0 Å². The molecule has 0 rings (SSSR count). The zero-order chi connectivity index (χ0) is 5.70. The van der Waals surface area contributed by atoms with Gasteiger partial charge in [-0.3, -0.25) is 4.84 Å². The van der Waals surface area contributed by atoms with Crippen LogP contribution in [-0.2, 0) is 4.84 Å². The van der Waals surface area contributed by atoms with Gasteiger partial charge in [-0.05, 0) is 13.3 Å². The second kappa shape index (κ2) is 4.09. The smallest absolute Gasteiger partial charge is 0.0779 e. The van der Waals surface area contributed by atoms with E-state index in [4.69, 9.17) is 5.90 Å². The maximum Gasteiger partial charge on any atom is 0.0779 e. The Kier molecular flexibility index (Phi) is 4.04. The summed E-state index contributed by atoms with van der Waals surface area (Å²) in [6.45, 7) is 3.98. The van der Waals surface area contributed by atoms with Crippen LogP contribution in [0.1, 0.15) is 26.7 Å². The van der Waals surface area contributed by atoms with Crippen LogP contribution < -0.4 is 5.90 Å². The zero-order valence-corrected chi connectivity index (χ0v) is 4.90. The van der Waals surface area contributed by atoms with E-state index in [0.717, 1.165) is 12.8 Å². The van der Waals surface area contributed by atoms with Crippen molar-refractivity contribution in [1.82, 2.24) is 5.90 Å². The maximum atomic E-state index is 6.41. The zero-order valence-electron chi connectivity index (χ0n) is 4.90. The molecule has 0 amide bonds. The predicted octanol–water partition coefficient (Wildman–Crippen LogP) is 1.39. The Morgan fingerprint density at radius 1 is 1.71 bits per heavy atom. The average Bonchev–Trinajstić information content (AvgIpc) is 1.68. The van der Waals surface area contributed by atoms with Gasteiger partial charge in [-0.25, -0.2) is 0 Å². The van der Waals surface area contributed by atoms with E-state index in [0.29, 0.717) is 0 Å². The first kappa shape index (κ1) is 6.92. The van der Waals surface area contributed by atoms with Crippen LogP contribution in [0, 0.1) is 0 Å². The summed E-state index contributed by atoms with van der Waals surface area (Å²) in [5.41, 5.74) is 0. The molecule has 0 saturated heterocycles. The molecule has 0 aromatic heterocycles. The molecule has 1 radical (unpaired) electrons. The van der Waals surface area contributed by atoms with Crippen LogP contribution >= 0.6 is 0 Å². The van der Waals surface area contributed by atoms with E-state index in [1.807, 2.05) is 6.92 Å². The molecule has 43 valence electrons. The Balaban J connectivity index is 2.83. The van der Waals surface area contributed by atoms with Gasteiger partial charge in [0.15, 0.2) is 0 Å². The Hall–Kier alpha value is -0.0800. The standard InChI is InChI=1S/C5H12NO/c1-3-4-5(2)7-6/h5-6H,3-4H2,1-2H3. The van der Waals surface area contributed by atoms with Gasteiger partial charge in [0.1, 0.15) is 0 Å². The second-order valence-electron chi connectivity index (χ2n) is 1.72. The molecule has 0 aliphatic heterocycles. The first-order chi connectivity index (χ1) is 3.31. The van der Waals surface area contributed by atoms with Gasteiger partial charge < -0.3 is 0 Å². The van der Waals surface area contributed by atoms with Gasteiger partial charge in [0, 0.05) is 0 Å². The lowest BCUT2D eigenvalue weighted by Gasteiger charge is -2.02. The predicted molar refractivity (Wildman–Crippen MR) is 28.6 cm³/mol. The van der Waals surface area contributed by atoms with Crippen LogP contribution in [0.5, 0.6) is 0 Å². The van der Waals surface area contributed by atoms with Crippen molar-refractivity contribution < 1.29 is 4.84 Å². The number of hydrogen-bond acceptors (Lipinski definition) is 1. The lowest BCUT2D eigenvalue weighted by Crippen LogP contribution is -2.04. The maximum absolute atomic E-state index is 6.41. The van der Waals surface area contributed by atoms with Crippen LogP contribution in [0.3, 0.4) is 0 Å². The Bertz CT molecular complexity index is 39.1. The van der Waals surface area contributed by atoms with Gasteiger partial charge in [0.2, 0.25) is 0 Å². The summed E-state index contributed by atoms with van der Waals surface area (Å²) in [5.74, 6) is 6.41. The minimum atomic E-state index is 0.116. The van der Waals surface area contributed by atoms with Gasteiger partial charge in [0.05, 0.1) is 6.10 Å². The minimum Gasteiger partial charge on any atom is -0.282 e.